The van der Waals surface area contributed by atoms with Gasteiger partial charge < -0.3 is 10.2 Å². The average molecular weight is 400 g/mol. The van der Waals surface area contributed by atoms with Crippen LogP contribution in [0, 0.1) is 0 Å². The van der Waals surface area contributed by atoms with E-state index in [0.717, 1.165) is 43.0 Å². The minimum absolute atomic E-state index is 0.0260. The fourth-order valence-electron chi connectivity index (χ4n) is 5.42. The molecule has 7 nitrogen and oxygen atoms in total. The fourth-order valence-corrected chi connectivity index (χ4v) is 5.42. The van der Waals surface area contributed by atoms with Gasteiger partial charge in [-0.3, -0.25) is 4.98 Å². The lowest BCUT2D eigenvalue weighted by atomic mass is 9.70. The van der Waals surface area contributed by atoms with Crippen molar-refractivity contribution in [2.75, 3.05) is 23.3 Å². The quantitative estimate of drug-likeness (QED) is 0.706. The van der Waals surface area contributed by atoms with Crippen molar-refractivity contribution in [1.82, 2.24) is 25.1 Å². The maximum absolute atomic E-state index is 5.01. The standard InChI is InChI=1S/C23H25N7/c1-2-9-23(10-3-1)18-15-24-11-8-16(18)17-14-25-22(27-21(17)23)26-19-6-7-20(29-28-19)30-12-4-5-13-30/h6-8,11,14-15H,1-5,9-10,12-13H2,(H,25,26,27,28). The van der Waals surface area contributed by atoms with Crippen LogP contribution in [0.5, 0.6) is 0 Å². The van der Waals surface area contributed by atoms with E-state index >= 15 is 0 Å². The van der Waals surface area contributed by atoms with Gasteiger partial charge in [-0.15, -0.1) is 10.2 Å². The maximum atomic E-state index is 5.01. The third kappa shape index (κ3) is 2.75. The molecule has 2 fully saturated rings. The first-order chi connectivity index (χ1) is 14.8. The Bertz CT molecular complexity index is 1070. The Morgan fingerprint density at radius 3 is 2.53 bits per heavy atom. The molecule has 2 aliphatic carbocycles. The molecule has 6 rings (SSSR count). The normalized spacial score (nSPS) is 19.0. The molecule has 0 atom stereocenters. The Kier molecular flexibility index (Phi) is 4.14. The van der Waals surface area contributed by atoms with E-state index in [0.29, 0.717) is 11.8 Å². The van der Waals surface area contributed by atoms with Crippen LogP contribution >= 0.6 is 0 Å². The second kappa shape index (κ2) is 7.00. The highest BCUT2D eigenvalue weighted by molar-refractivity contribution is 5.79. The number of fused-ring (bicyclic) bond motifs is 5. The minimum Gasteiger partial charge on any atom is -0.355 e. The number of nitrogens with zero attached hydrogens (tertiary/aromatic N) is 6. The monoisotopic (exact) mass is 399 g/mol. The lowest BCUT2D eigenvalue weighted by Crippen LogP contribution is -2.29. The van der Waals surface area contributed by atoms with Crippen LogP contribution in [0.1, 0.15) is 56.2 Å². The minimum atomic E-state index is -0.0260. The number of hydrogen-bond acceptors (Lipinski definition) is 7. The van der Waals surface area contributed by atoms with Crippen LogP contribution in [0.25, 0.3) is 11.1 Å². The largest absolute Gasteiger partial charge is 0.355 e. The first-order valence-electron chi connectivity index (χ1n) is 11.0. The third-order valence-electron chi connectivity index (χ3n) is 6.90. The molecule has 1 saturated carbocycles. The van der Waals surface area contributed by atoms with Crippen LogP contribution in [0.2, 0.25) is 0 Å². The average Bonchev–Trinajstić information content (AvgIpc) is 3.42. The number of nitrogens with one attached hydrogen (secondary N) is 1. The van der Waals surface area contributed by atoms with Crippen molar-refractivity contribution in [2.45, 2.75) is 50.4 Å². The van der Waals surface area contributed by atoms with Crippen molar-refractivity contribution < 1.29 is 0 Å². The van der Waals surface area contributed by atoms with Gasteiger partial charge >= 0.3 is 0 Å². The summed E-state index contributed by atoms with van der Waals surface area (Å²) in [6.07, 6.45) is 14.3. The molecule has 0 unspecified atom stereocenters. The SMILES string of the molecule is c1cc2c(cn1)C1(CCCCC1)c1nc(Nc3ccc(N4CCCC4)nn3)ncc1-2. The molecule has 7 heteroatoms. The zero-order valence-electron chi connectivity index (χ0n) is 17.0. The van der Waals surface area contributed by atoms with E-state index in [1.54, 1.807) is 0 Å². The van der Waals surface area contributed by atoms with Crippen LogP contribution in [-0.2, 0) is 5.41 Å². The zero-order valence-corrected chi connectivity index (χ0v) is 17.0. The molecule has 3 aromatic rings. The summed E-state index contributed by atoms with van der Waals surface area (Å²) in [6, 6.07) is 6.10. The van der Waals surface area contributed by atoms with Crippen LogP contribution < -0.4 is 10.2 Å². The van der Waals surface area contributed by atoms with Crippen molar-refractivity contribution in [1.29, 1.82) is 0 Å². The molecule has 1 N–H and O–H groups in total. The van der Waals surface area contributed by atoms with Gasteiger partial charge in [-0.25, -0.2) is 9.97 Å². The van der Waals surface area contributed by atoms with Gasteiger partial charge in [0.1, 0.15) is 0 Å². The highest BCUT2D eigenvalue weighted by atomic mass is 15.3. The van der Waals surface area contributed by atoms with Crippen molar-refractivity contribution in [3.63, 3.8) is 0 Å². The Morgan fingerprint density at radius 2 is 1.73 bits per heavy atom. The van der Waals surface area contributed by atoms with Crippen molar-refractivity contribution in [3.05, 3.63) is 48.0 Å². The molecule has 3 aromatic heterocycles. The maximum Gasteiger partial charge on any atom is 0.228 e. The fraction of sp³-hybridized carbons (Fsp3) is 0.435. The number of anilines is 3. The zero-order chi connectivity index (χ0) is 20.0. The van der Waals surface area contributed by atoms with Crippen LogP contribution in [0.3, 0.4) is 0 Å². The predicted octanol–water partition coefficient (Wildman–Crippen LogP) is 4.24. The molecule has 30 heavy (non-hydrogen) atoms. The Balaban J connectivity index is 1.32. The molecule has 0 bridgehead atoms. The molecular weight excluding hydrogens is 374 g/mol. The number of rotatable bonds is 3. The summed E-state index contributed by atoms with van der Waals surface area (Å²) in [5.41, 5.74) is 4.82. The van der Waals surface area contributed by atoms with E-state index in [2.05, 4.69) is 36.4 Å². The summed E-state index contributed by atoms with van der Waals surface area (Å²) >= 11 is 0. The summed E-state index contributed by atoms with van der Waals surface area (Å²) in [4.78, 5) is 16.3. The third-order valence-corrected chi connectivity index (χ3v) is 6.90. The summed E-state index contributed by atoms with van der Waals surface area (Å²) in [5.74, 6) is 2.20. The molecule has 1 saturated heterocycles. The molecule has 3 aliphatic rings. The Labute approximate surface area is 176 Å². The van der Waals surface area contributed by atoms with Crippen molar-refractivity contribution in [2.24, 2.45) is 0 Å². The molecule has 4 heterocycles. The molecule has 0 amide bonds. The van der Waals surface area contributed by atoms with E-state index in [4.69, 9.17) is 4.98 Å². The first-order valence-corrected chi connectivity index (χ1v) is 11.0. The van der Waals surface area contributed by atoms with Gasteiger partial charge in [-0.1, -0.05) is 19.3 Å². The van der Waals surface area contributed by atoms with Gasteiger partial charge in [0.05, 0.1) is 5.69 Å². The lowest BCUT2D eigenvalue weighted by Gasteiger charge is -2.34. The Morgan fingerprint density at radius 1 is 0.867 bits per heavy atom. The predicted molar refractivity (Wildman–Crippen MR) is 116 cm³/mol. The van der Waals surface area contributed by atoms with Gasteiger partial charge in [0.2, 0.25) is 5.95 Å². The van der Waals surface area contributed by atoms with Crippen LogP contribution in [0.4, 0.5) is 17.6 Å². The summed E-state index contributed by atoms with van der Waals surface area (Å²) in [6.45, 7) is 2.12. The van der Waals surface area contributed by atoms with E-state index in [1.165, 1.54) is 43.2 Å². The molecular formula is C23H25N7. The molecule has 1 aliphatic heterocycles. The topological polar surface area (TPSA) is 79.7 Å². The van der Waals surface area contributed by atoms with Gasteiger partial charge in [-0.05, 0) is 55.0 Å². The van der Waals surface area contributed by atoms with Crippen LogP contribution in [-0.4, -0.2) is 38.2 Å². The molecule has 0 radical (unpaired) electrons. The number of aromatic nitrogens is 5. The second-order valence-corrected chi connectivity index (χ2v) is 8.62. The van der Waals surface area contributed by atoms with Crippen molar-refractivity contribution in [3.8, 4) is 11.1 Å². The van der Waals surface area contributed by atoms with E-state index in [9.17, 15) is 0 Å². The summed E-state index contributed by atoms with van der Waals surface area (Å²) in [7, 11) is 0. The lowest BCUT2D eigenvalue weighted by molar-refractivity contribution is 0.345. The van der Waals surface area contributed by atoms with E-state index in [1.807, 2.05) is 30.7 Å². The number of pyridine rings is 1. The number of hydrogen-bond donors (Lipinski definition) is 1. The Hall–Kier alpha value is -3.09. The summed E-state index contributed by atoms with van der Waals surface area (Å²) < 4.78 is 0. The summed E-state index contributed by atoms with van der Waals surface area (Å²) in [5, 5.41) is 12.0. The highest BCUT2D eigenvalue weighted by Gasteiger charge is 2.45. The van der Waals surface area contributed by atoms with E-state index in [-0.39, 0.29) is 5.41 Å². The van der Waals surface area contributed by atoms with Crippen molar-refractivity contribution >= 4 is 17.6 Å². The van der Waals surface area contributed by atoms with Gasteiger partial charge in [0.25, 0.3) is 0 Å². The second-order valence-electron chi connectivity index (χ2n) is 8.62. The molecule has 152 valence electrons. The smallest absolute Gasteiger partial charge is 0.228 e. The van der Waals surface area contributed by atoms with Crippen LogP contribution in [0.15, 0.2) is 36.8 Å². The van der Waals surface area contributed by atoms with Gasteiger partial charge in [0, 0.05) is 42.7 Å². The van der Waals surface area contributed by atoms with Gasteiger partial charge in [0.15, 0.2) is 11.6 Å². The highest BCUT2D eigenvalue weighted by Crippen LogP contribution is 2.54. The van der Waals surface area contributed by atoms with E-state index < -0.39 is 0 Å². The first kappa shape index (κ1) is 17.7. The van der Waals surface area contributed by atoms with Gasteiger partial charge in [-0.2, -0.15) is 0 Å². The molecule has 1 spiro atoms. The molecule has 0 aromatic carbocycles.